The summed E-state index contributed by atoms with van der Waals surface area (Å²) < 4.78 is 1.73. The summed E-state index contributed by atoms with van der Waals surface area (Å²) in [6.07, 6.45) is 0. The van der Waals surface area contributed by atoms with E-state index in [2.05, 4.69) is 10.1 Å². The van der Waals surface area contributed by atoms with E-state index in [9.17, 15) is 0 Å². The van der Waals surface area contributed by atoms with E-state index in [1.165, 1.54) is 0 Å². The van der Waals surface area contributed by atoms with Gasteiger partial charge in [-0.2, -0.15) is 5.26 Å². The Morgan fingerprint density at radius 2 is 2.18 bits per heavy atom. The van der Waals surface area contributed by atoms with Gasteiger partial charge in [-0.15, -0.1) is 5.10 Å². The number of hydrogen-bond acceptors (Lipinski definition) is 3. The van der Waals surface area contributed by atoms with Crippen LogP contribution >= 0.6 is 0 Å². The molecule has 0 amide bonds. The topological polar surface area (TPSA) is 54.5 Å². The van der Waals surface area contributed by atoms with Crippen molar-refractivity contribution < 1.29 is 0 Å². The first kappa shape index (κ1) is 7.73. The van der Waals surface area contributed by atoms with Gasteiger partial charge in [0.15, 0.2) is 0 Å². The summed E-state index contributed by atoms with van der Waals surface area (Å²) in [6, 6.07) is 2.17. The van der Waals surface area contributed by atoms with E-state index in [4.69, 9.17) is 5.26 Å². The van der Waals surface area contributed by atoms with E-state index in [1.807, 2.05) is 26.8 Å². The minimum absolute atomic E-state index is 0.246. The summed E-state index contributed by atoms with van der Waals surface area (Å²) in [6.45, 7) is 5.85. The Balaban J connectivity index is 3.09. The summed E-state index contributed by atoms with van der Waals surface area (Å²) in [5, 5.41) is 12.4. The zero-order valence-corrected chi connectivity index (χ0v) is 6.87. The van der Waals surface area contributed by atoms with Gasteiger partial charge in [0.05, 0.1) is 0 Å². The molecule has 0 saturated heterocycles. The number of hydrogen-bond donors (Lipinski definition) is 0. The molecule has 58 valence electrons. The highest BCUT2D eigenvalue weighted by Crippen LogP contribution is 2.05. The Morgan fingerprint density at radius 1 is 1.55 bits per heavy atom. The lowest BCUT2D eigenvalue weighted by Crippen LogP contribution is -2.04. The minimum atomic E-state index is 0.246. The van der Waals surface area contributed by atoms with Gasteiger partial charge in [0.1, 0.15) is 11.9 Å². The maximum Gasteiger partial charge on any atom is 0.252 e. The summed E-state index contributed by atoms with van der Waals surface area (Å²) in [5.74, 6) is 1.03. The van der Waals surface area contributed by atoms with Crippen molar-refractivity contribution in [3.05, 3.63) is 11.6 Å². The lowest BCUT2D eigenvalue weighted by atomic mass is 10.4. The van der Waals surface area contributed by atoms with Crippen molar-refractivity contribution in [3.8, 4) is 6.07 Å². The fourth-order valence-electron chi connectivity index (χ4n) is 0.938. The van der Waals surface area contributed by atoms with Crippen molar-refractivity contribution in [1.82, 2.24) is 14.8 Å². The molecule has 1 rings (SSSR count). The van der Waals surface area contributed by atoms with Crippen molar-refractivity contribution >= 4 is 0 Å². The van der Waals surface area contributed by atoms with Gasteiger partial charge in [0.2, 0.25) is 0 Å². The van der Waals surface area contributed by atoms with E-state index < -0.39 is 0 Å². The molecule has 4 heteroatoms. The quantitative estimate of drug-likeness (QED) is 0.601. The molecule has 0 bridgehead atoms. The van der Waals surface area contributed by atoms with Gasteiger partial charge in [0, 0.05) is 6.04 Å². The minimum Gasteiger partial charge on any atom is -0.247 e. The molecule has 11 heavy (non-hydrogen) atoms. The molecule has 0 aliphatic heterocycles. The molecule has 1 aromatic rings. The average molecular weight is 150 g/mol. The van der Waals surface area contributed by atoms with Crippen LogP contribution in [0.25, 0.3) is 0 Å². The van der Waals surface area contributed by atoms with Crippen molar-refractivity contribution in [3.63, 3.8) is 0 Å². The Kier molecular flexibility index (Phi) is 1.90. The molecule has 0 aliphatic carbocycles. The monoisotopic (exact) mass is 150 g/mol. The lowest BCUT2D eigenvalue weighted by Gasteiger charge is -2.04. The number of nitrogens with zero attached hydrogens (tertiary/aromatic N) is 4. The van der Waals surface area contributed by atoms with Gasteiger partial charge in [-0.25, -0.2) is 9.67 Å². The Hall–Kier alpha value is -1.37. The van der Waals surface area contributed by atoms with E-state index in [0.29, 0.717) is 0 Å². The largest absolute Gasteiger partial charge is 0.252 e. The third-order valence-electron chi connectivity index (χ3n) is 1.39. The molecule has 1 heterocycles. The van der Waals surface area contributed by atoms with Crippen LogP contribution < -0.4 is 0 Å². The molecule has 0 atom stereocenters. The number of aromatic nitrogens is 3. The molecule has 0 aromatic carbocycles. The second-order valence-corrected chi connectivity index (χ2v) is 2.63. The van der Waals surface area contributed by atoms with Crippen molar-refractivity contribution in [2.75, 3.05) is 0 Å². The first-order chi connectivity index (χ1) is 5.15. The standard InChI is InChI=1S/C7H10N4/c1-5(2)11-6(3)9-7(4-8)10-11/h5H,1-3H3. The molecule has 0 radical (unpaired) electrons. The average Bonchev–Trinajstić information content (AvgIpc) is 2.30. The van der Waals surface area contributed by atoms with Crippen molar-refractivity contribution in [2.24, 2.45) is 0 Å². The first-order valence-corrected chi connectivity index (χ1v) is 3.48. The summed E-state index contributed by atoms with van der Waals surface area (Å²) in [5.41, 5.74) is 0. The number of aryl methyl sites for hydroxylation is 1. The van der Waals surface area contributed by atoms with Crippen molar-refractivity contribution in [1.29, 1.82) is 5.26 Å². The molecule has 0 unspecified atom stereocenters. The van der Waals surface area contributed by atoms with Gasteiger partial charge in [0.25, 0.3) is 5.82 Å². The first-order valence-electron chi connectivity index (χ1n) is 3.48. The fraction of sp³-hybridized carbons (Fsp3) is 0.571. The Bertz CT molecular complexity index is 292. The van der Waals surface area contributed by atoms with E-state index in [1.54, 1.807) is 4.68 Å². The molecule has 1 aromatic heterocycles. The predicted molar refractivity (Wildman–Crippen MR) is 39.9 cm³/mol. The molecule has 0 fully saturated rings. The van der Waals surface area contributed by atoms with E-state index in [0.717, 1.165) is 5.82 Å². The van der Waals surface area contributed by atoms with Gasteiger partial charge < -0.3 is 0 Å². The van der Waals surface area contributed by atoms with Crippen LogP contribution in [0.3, 0.4) is 0 Å². The fourth-order valence-corrected chi connectivity index (χ4v) is 0.938. The summed E-state index contributed by atoms with van der Waals surface area (Å²) in [4.78, 5) is 3.94. The van der Waals surface area contributed by atoms with Gasteiger partial charge in [-0.05, 0) is 20.8 Å². The highest BCUT2D eigenvalue weighted by atomic mass is 15.4. The summed E-state index contributed by atoms with van der Waals surface area (Å²) in [7, 11) is 0. The van der Waals surface area contributed by atoms with Crippen LogP contribution in [0.15, 0.2) is 0 Å². The maximum absolute atomic E-state index is 8.47. The van der Waals surface area contributed by atoms with Crippen LogP contribution in [-0.4, -0.2) is 14.8 Å². The van der Waals surface area contributed by atoms with Crippen LogP contribution in [0.4, 0.5) is 0 Å². The zero-order chi connectivity index (χ0) is 8.43. The second kappa shape index (κ2) is 2.70. The highest BCUT2D eigenvalue weighted by Gasteiger charge is 2.06. The van der Waals surface area contributed by atoms with Crippen LogP contribution in [0.1, 0.15) is 31.5 Å². The van der Waals surface area contributed by atoms with Crippen LogP contribution in [0.5, 0.6) is 0 Å². The third-order valence-corrected chi connectivity index (χ3v) is 1.39. The second-order valence-electron chi connectivity index (χ2n) is 2.63. The number of nitriles is 1. The third kappa shape index (κ3) is 1.37. The smallest absolute Gasteiger partial charge is 0.247 e. The normalized spacial score (nSPS) is 10.1. The van der Waals surface area contributed by atoms with Gasteiger partial charge in [-0.1, -0.05) is 0 Å². The zero-order valence-electron chi connectivity index (χ0n) is 6.87. The molecular weight excluding hydrogens is 140 g/mol. The van der Waals surface area contributed by atoms with Crippen LogP contribution in [-0.2, 0) is 0 Å². The Morgan fingerprint density at radius 3 is 2.45 bits per heavy atom. The molecule has 4 nitrogen and oxygen atoms in total. The van der Waals surface area contributed by atoms with Crippen molar-refractivity contribution in [2.45, 2.75) is 26.8 Å². The highest BCUT2D eigenvalue weighted by molar-refractivity contribution is 5.08. The lowest BCUT2D eigenvalue weighted by molar-refractivity contribution is 0.515. The van der Waals surface area contributed by atoms with Gasteiger partial charge >= 0.3 is 0 Å². The molecule has 0 saturated carbocycles. The van der Waals surface area contributed by atoms with Crippen LogP contribution in [0.2, 0.25) is 0 Å². The van der Waals surface area contributed by atoms with E-state index >= 15 is 0 Å². The predicted octanol–water partition coefficient (Wildman–Crippen LogP) is 1.04. The van der Waals surface area contributed by atoms with E-state index in [-0.39, 0.29) is 11.9 Å². The maximum atomic E-state index is 8.47. The molecular formula is C7H10N4. The SMILES string of the molecule is Cc1nc(C#N)nn1C(C)C. The molecule has 0 N–H and O–H groups in total. The molecule has 0 spiro atoms. The number of rotatable bonds is 1. The van der Waals surface area contributed by atoms with Gasteiger partial charge in [-0.3, -0.25) is 0 Å². The Labute approximate surface area is 65.5 Å². The molecule has 0 aliphatic rings. The van der Waals surface area contributed by atoms with Crippen LogP contribution in [0, 0.1) is 18.3 Å². The summed E-state index contributed by atoms with van der Waals surface area (Å²) >= 11 is 0.